The van der Waals surface area contributed by atoms with Crippen LogP contribution in [0.25, 0.3) is 0 Å². The van der Waals surface area contributed by atoms with Crippen LogP contribution in [0.3, 0.4) is 0 Å². The van der Waals surface area contributed by atoms with E-state index in [-0.39, 0.29) is 23.5 Å². The summed E-state index contributed by atoms with van der Waals surface area (Å²) in [5, 5.41) is 0. The Morgan fingerprint density at radius 2 is 1.82 bits per heavy atom. The predicted octanol–water partition coefficient (Wildman–Crippen LogP) is 3.82. The van der Waals surface area contributed by atoms with Crippen LogP contribution < -0.4 is 24.0 Å². The number of fused-ring (bicyclic) bond motifs is 1. The minimum Gasteiger partial charge on any atom is -0.454 e. The zero-order valence-corrected chi connectivity index (χ0v) is 23.7. The van der Waals surface area contributed by atoms with Gasteiger partial charge in [-0.1, -0.05) is 15.9 Å². The molecule has 2 aliphatic rings. The molecule has 14 heteroatoms. The van der Waals surface area contributed by atoms with E-state index < -0.39 is 10.0 Å². The van der Waals surface area contributed by atoms with Crippen LogP contribution in [0, 0.1) is 0 Å². The molecule has 2 aromatic carbocycles. The monoisotopic (exact) mass is 618 g/mol. The molecule has 12 nitrogen and oxygen atoms in total. The molecule has 0 bridgehead atoms. The fourth-order valence-electron chi connectivity index (χ4n) is 4.18. The van der Waals surface area contributed by atoms with Gasteiger partial charge in [-0.3, -0.25) is 4.72 Å². The summed E-state index contributed by atoms with van der Waals surface area (Å²) >= 11 is 3.33. The number of nitrogens with zero attached hydrogens (tertiary/aromatic N) is 5. The fourth-order valence-corrected chi connectivity index (χ4v) is 5.49. The van der Waals surface area contributed by atoms with Gasteiger partial charge in [0.05, 0.1) is 17.7 Å². The third-order valence-electron chi connectivity index (χ3n) is 6.27. The van der Waals surface area contributed by atoms with Gasteiger partial charge < -0.3 is 28.9 Å². The van der Waals surface area contributed by atoms with Crippen LogP contribution in [0.5, 0.6) is 11.5 Å². The summed E-state index contributed by atoms with van der Waals surface area (Å²) < 4.78 is 45.9. The highest BCUT2D eigenvalue weighted by atomic mass is 79.9. The minimum absolute atomic E-state index is 0.0987. The molecule has 1 aromatic heterocycles. The molecule has 0 atom stereocenters. The molecule has 0 unspecified atom stereocenters. The second-order valence-electron chi connectivity index (χ2n) is 8.74. The lowest BCUT2D eigenvalue weighted by molar-refractivity contribution is 0.105. The SMILES string of the molecule is CCOC(=O)N1CCN(c2ncc(NS(=O)(=O)c3ccc(Br)cc3)c(N(C)c3ccc4c(c3)OCO4)n2)CC1. The number of rotatable bonds is 7. The smallest absolute Gasteiger partial charge is 0.409 e. The van der Waals surface area contributed by atoms with Gasteiger partial charge in [0.1, 0.15) is 5.69 Å². The molecule has 3 heterocycles. The summed E-state index contributed by atoms with van der Waals surface area (Å²) in [6.45, 7) is 4.12. The molecule has 3 aromatic rings. The maximum absolute atomic E-state index is 13.2. The van der Waals surface area contributed by atoms with Crippen molar-refractivity contribution in [3.63, 3.8) is 0 Å². The minimum atomic E-state index is -3.93. The van der Waals surface area contributed by atoms with Gasteiger partial charge in [-0.25, -0.2) is 18.2 Å². The zero-order valence-electron chi connectivity index (χ0n) is 21.3. The summed E-state index contributed by atoms with van der Waals surface area (Å²) in [6, 6.07) is 11.7. The summed E-state index contributed by atoms with van der Waals surface area (Å²) in [4.78, 5) is 26.8. The third kappa shape index (κ3) is 5.81. The number of hydrogen-bond acceptors (Lipinski definition) is 10. The number of sulfonamides is 1. The Kier molecular flexibility index (Phi) is 7.66. The van der Waals surface area contributed by atoms with E-state index in [1.165, 1.54) is 18.3 Å². The van der Waals surface area contributed by atoms with Crippen molar-refractivity contribution in [2.24, 2.45) is 0 Å². The van der Waals surface area contributed by atoms with Crippen LogP contribution in [0.15, 0.2) is 58.0 Å². The molecule has 5 rings (SSSR count). The average molecular weight is 619 g/mol. The number of anilines is 4. The topological polar surface area (TPSA) is 126 Å². The van der Waals surface area contributed by atoms with Gasteiger partial charge in [-0.2, -0.15) is 4.98 Å². The quantitative estimate of drug-likeness (QED) is 0.417. The largest absolute Gasteiger partial charge is 0.454 e. The number of halogens is 1. The number of benzene rings is 2. The molecule has 1 fully saturated rings. The van der Waals surface area contributed by atoms with E-state index in [1.54, 1.807) is 48.0 Å². The summed E-state index contributed by atoms with van der Waals surface area (Å²) in [5.74, 6) is 1.96. The lowest BCUT2D eigenvalue weighted by Crippen LogP contribution is -2.49. The van der Waals surface area contributed by atoms with Crippen molar-refractivity contribution < 1.29 is 27.4 Å². The van der Waals surface area contributed by atoms with E-state index in [0.29, 0.717) is 61.7 Å². The van der Waals surface area contributed by atoms with Gasteiger partial charge in [0.25, 0.3) is 10.0 Å². The Hall–Kier alpha value is -3.78. The number of ether oxygens (including phenoxy) is 3. The van der Waals surface area contributed by atoms with E-state index in [4.69, 9.17) is 19.2 Å². The Labute approximate surface area is 234 Å². The first-order valence-corrected chi connectivity index (χ1v) is 14.5. The number of aromatic nitrogens is 2. The molecule has 2 aliphatic heterocycles. The number of piperazine rings is 1. The van der Waals surface area contributed by atoms with Crippen LogP contribution in [-0.2, 0) is 14.8 Å². The average Bonchev–Trinajstić information content (AvgIpc) is 3.41. The normalized spacial score (nSPS) is 14.7. The number of amides is 1. The maximum atomic E-state index is 13.2. The molecule has 1 N–H and O–H groups in total. The lowest BCUT2D eigenvalue weighted by atomic mass is 10.2. The Morgan fingerprint density at radius 3 is 2.54 bits per heavy atom. The molecular formula is C25H27BrN6O6S. The van der Waals surface area contributed by atoms with Crippen molar-refractivity contribution >= 4 is 55.2 Å². The standard InChI is InChI=1S/C25H27BrN6O6S/c1-3-36-25(33)32-12-10-31(11-13-32)24-27-15-20(29-39(34,35)19-7-4-17(26)5-8-19)23(28-24)30(2)18-6-9-21-22(14-18)38-16-37-21/h4-9,14-15,29H,3,10-13,16H2,1-2H3. The highest BCUT2D eigenvalue weighted by Crippen LogP contribution is 2.38. The molecule has 206 valence electrons. The Bertz CT molecular complexity index is 1460. The molecule has 0 spiro atoms. The summed E-state index contributed by atoms with van der Waals surface area (Å²) in [6.07, 6.45) is 1.11. The van der Waals surface area contributed by atoms with E-state index in [9.17, 15) is 13.2 Å². The van der Waals surface area contributed by atoms with Crippen LogP contribution >= 0.6 is 15.9 Å². The van der Waals surface area contributed by atoms with Gasteiger partial charge in [0.15, 0.2) is 17.3 Å². The lowest BCUT2D eigenvalue weighted by Gasteiger charge is -2.34. The first-order chi connectivity index (χ1) is 18.7. The van der Waals surface area contributed by atoms with Crippen molar-refractivity contribution in [1.29, 1.82) is 0 Å². The second-order valence-corrected chi connectivity index (χ2v) is 11.3. The summed E-state index contributed by atoms with van der Waals surface area (Å²) in [5.41, 5.74) is 0.909. The van der Waals surface area contributed by atoms with E-state index in [2.05, 4.69) is 25.6 Å². The highest BCUT2D eigenvalue weighted by Gasteiger charge is 2.26. The second kappa shape index (κ2) is 11.1. The van der Waals surface area contributed by atoms with E-state index in [0.717, 1.165) is 4.47 Å². The molecular weight excluding hydrogens is 592 g/mol. The number of hydrogen-bond donors (Lipinski definition) is 1. The van der Waals surface area contributed by atoms with Crippen LogP contribution in [-0.4, -0.2) is 76.0 Å². The van der Waals surface area contributed by atoms with Crippen LogP contribution in [0.1, 0.15) is 6.92 Å². The van der Waals surface area contributed by atoms with Crippen molar-refractivity contribution in [3.05, 3.63) is 53.1 Å². The van der Waals surface area contributed by atoms with Crippen molar-refractivity contribution in [2.75, 3.05) is 61.1 Å². The number of nitrogens with one attached hydrogen (secondary N) is 1. The van der Waals surface area contributed by atoms with E-state index in [1.807, 2.05) is 11.0 Å². The van der Waals surface area contributed by atoms with Gasteiger partial charge in [0, 0.05) is 49.5 Å². The zero-order chi connectivity index (χ0) is 27.6. The van der Waals surface area contributed by atoms with Gasteiger partial charge >= 0.3 is 6.09 Å². The Balaban J connectivity index is 1.46. The summed E-state index contributed by atoms with van der Waals surface area (Å²) in [7, 11) is -2.15. The maximum Gasteiger partial charge on any atom is 0.409 e. The Morgan fingerprint density at radius 1 is 1.10 bits per heavy atom. The number of carbonyl (C=O) groups is 1. The molecule has 0 aliphatic carbocycles. The van der Waals surface area contributed by atoms with Gasteiger partial charge in [-0.05, 0) is 43.3 Å². The van der Waals surface area contributed by atoms with Gasteiger partial charge in [-0.15, -0.1) is 0 Å². The fraction of sp³-hybridized carbons (Fsp3) is 0.320. The first kappa shape index (κ1) is 26.8. The predicted molar refractivity (Wildman–Crippen MR) is 148 cm³/mol. The molecule has 0 radical (unpaired) electrons. The molecule has 39 heavy (non-hydrogen) atoms. The van der Waals surface area contributed by atoms with Crippen LogP contribution in [0.4, 0.5) is 27.9 Å². The molecule has 1 amide bonds. The van der Waals surface area contributed by atoms with Crippen molar-refractivity contribution in [1.82, 2.24) is 14.9 Å². The van der Waals surface area contributed by atoms with Gasteiger partial charge in [0.2, 0.25) is 12.7 Å². The highest BCUT2D eigenvalue weighted by molar-refractivity contribution is 9.10. The van der Waals surface area contributed by atoms with E-state index >= 15 is 0 Å². The first-order valence-electron chi connectivity index (χ1n) is 12.2. The number of carbonyl (C=O) groups excluding carboxylic acids is 1. The van der Waals surface area contributed by atoms with Crippen molar-refractivity contribution in [3.8, 4) is 11.5 Å². The van der Waals surface area contributed by atoms with Crippen LogP contribution in [0.2, 0.25) is 0 Å². The molecule has 0 saturated carbocycles. The molecule has 1 saturated heterocycles. The third-order valence-corrected chi connectivity index (χ3v) is 8.18. The van der Waals surface area contributed by atoms with Crippen molar-refractivity contribution in [2.45, 2.75) is 11.8 Å².